The first-order valence-electron chi connectivity index (χ1n) is 14.7. The highest BCUT2D eigenvalue weighted by atomic mass is 35.5. The fourth-order valence-electron chi connectivity index (χ4n) is 5.34. The average molecular weight is 719 g/mol. The Labute approximate surface area is 293 Å². The number of thioether (sulfide) groups is 1. The van der Waals surface area contributed by atoms with Gasteiger partial charge >= 0.3 is 5.91 Å². The van der Waals surface area contributed by atoms with Crippen molar-refractivity contribution < 1.29 is 28.9 Å². The highest BCUT2D eigenvalue weighted by molar-refractivity contribution is 8.00. The number of nitrogens with zero attached hydrogens (tertiary/aromatic N) is 3. The van der Waals surface area contributed by atoms with Crippen molar-refractivity contribution in [2.24, 2.45) is 0 Å². The fourth-order valence-corrected chi connectivity index (χ4v) is 7.77. The molecule has 0 bridgehead atoms. The Morgan fingerprint density at radius 1 is 0.938 bits per heavy atom. The van der Waals surface area contributed by atoms with Crippen molar-refractivity contribution in [2.45, 2.75) is 22.7 Å². The van der Waals surface area contributed by atoms with Gasteiger partial charge in [-0.15, -0.1) is 10.2 Å². The van der Waals surface area contributed by atoms with E-state index in [-0.39, 0.29) is 16.5 Å². The summed E-state index contributed by atoms with van der Waals surface area (Å²) in [6.07, 6.45) is 0. The van der Waals surface area contributed by atoms with E-state index < -0.39 is 17.7 Å². The number of aliphatic hydroxyl groups excluding tert-OH is 1. The molecule has 0 unspecified atom stereocenters. The molecule has 2 aliphatic heterocycles. The van der Waals surface area contributed by atoms with Gasteiger partial charge in [0, 0.05) is 21.4 Å². The van der Waals surface area contributed by atoms with Gasteiger partial charge in [0.05, 0.1) is 11.6 Å². The third-order valence-corrected chi connectivity index (χ3v) is 10.3. The predicted molar refractivity (Wildman–Crippen MR) is 185 cm³/mol. The molecule has 1 fully saturated rings. The quantitative estimate of drug-likeness (QED) is 0.0531. The van der Waals surface area contributed by atoms with Gasteiger partial charge in [0.1, 0.15) is 31.3 Å². The number of hydrogen-bond donors (Lipinski definition) is 1. The van der Waals surface area contributed by atoms with Crippen molar-refractivity contribution in [2.75, 3.05) is 18.1 Å². The Kier molecular flexibility index (Phi) is 9.27. The summed E-state index contributed by atoms with van der Waals surface area (Å²) in [4.78, 5) is 28.8. The molecule has 1 N–H and O–H groups in total. The number of carbonyl (C=O) groups is 2. The second-order valence-electron chi connectivity index (χ2n) is 10.7. The molecule has 48 heavy (non-hydrogen) atoms. The number of fused-ring (bicyclic) bond motifs is 1. The molecule has 0 spiro atoms. The second kappa shape index (κ2) is 13.9. The molecule has 1 aromatic heterocycles. The summed E-state index contributed by atoms with van der Waals surface area (Å²) in [6.45, 7) is 1.07. The molecule has 1 saturated heterocycles. The highest BCUT2D eigenvalue weighted by Crippen LogP contribution is 2.45. The number of hydrogen-bond acceptors (Lipinski definition) is 10. The number of anilines is 1. The van der Waals surface area contributed by atoms with Crippen molar-refractivity contribution in [3.8, 4) is 17.2 Å². The molecule has 1 amide bonds. The lowest BCUT2D eigenvalue weighted by Crippen LogP contribution is -2.29. The highest BCUT2D eigenvalue weighted by Gasteiger charge is 2.48. The molecular formula is C35H25Cl2N3O6S2. The first-order chi connectivity index (χ1) is 23.4. The minimum absolute atomic E-state index is 0.103. The number of carbonyl (C=O) groups excluding carboxylic acids is 2. The van der Waals surface area contributed by atoms with Crippen LogP contribution in [-0.4, -0.2) is 40.2 Å². The Balaban J connectivity index is 1.25. The molecule has 9 nitrogen and oxygen atoms in total. The van der Waals surface area contributed by atoms with Crippen LogP contribution in [0.4, 0.5) is 5.13 Å². The first kappa shape index (κ1) is 32.0. The molecule has 2 aliphatic rings. The van der Waals surface area contributed by atoms with Crippen molar-refractivity contribution in [3.63, 3.8) is 0 Å². The number of amides is 1. The van der Waals surface area contributed by atoms with E-state index in [4.69, 9.17) is 37.4 Å². The van der Waals surface area contributed by atoms with Crippen molar-refractivity contribution in [1.29, 1.82) is 0 Å². The van der Waals surface area contributed by atoms with E-state index >= 15 is 0 Å². The summed E-state index contributed by atoms with van der Waals surface area (Å²) >= 11 is 14.9. The van der Waals surface area contributed by atoms with Crippen LogP contribution in [0.25, 0.3) is 5.76 Å². The van der Waals surface area contributed by atoms with Gasteiger partial charge in [-0.3, -0.25) is 14.5 Å². The fraction of sp³-hybridized carbons (Fsp3) is 0.143. The molecule has 4 aromatic carbocycles. The second-order valence-corrected chi connectivity index (χ2v) is 13.8. The van der Waals surface area contributed by atoms with E-state index in [2.05, 4.69) is 10.2 Å². The number of halogens is 2. The maximum Gasteiger partial charge on any atom is 0.301 e. The van der Waals surface area contributed by atoms with Gasteiger partial charge in [-0.1, -0.05) is 94.8 Å². The van der Waals surface area contributed by atoms with E-state index in [1.54, 1.807) is 54.6 Å². The van der Waals surface area contributed by atoms with E-state index in [0.717, 1.165) is 22.5 Å². The topological polar surface area (TPSA) is 111 Å². The van der Waals surface area contributed by atoms with Gasteiger partial charge in [0.25, 0.3) is 5.78 Å². The van der Waals surface area contributed by atoms with Crippen LogP contribution >= 0.6 is 46.3 Å². The van der Waals surface area contributed by atoms with Gasteiger partial charge in [-0.2, -0.15) is 0 Å². The third-order valence-electron chi connectivity index (χ3n) is 7.65. The zero-order valence-electron chi connectivity index (χ0n) is 25.0. The number of Topliss-reactive ketones (excluding diaryl/α,β-unsaturated/α-hetero) is 1. The molecule has 0 saturated carbocycles. The first-order valence-corrected chi connectivity index (χ1v) is 17.3. The number of rotatable bonds is 9. The number of ether oxygens (including phenoxy) is 3. The molecular weight excluding hydrogens is 693 g/mol. The van der Waals surface area contributed by atoms with E-state index in [0.29, 0.717) is 68.3 Å². The molecule has 242 valence electrons. The van der Waals surface area contributed by atoms with Gasteiger partial charge in [-0.25, -0.2) is 0 Å². The van der Waals surface area contributed by atoms with Gasteiger partial charge < -0.3 is 19.3 Å². The summed E-state index contributed by atoms with van der Waals surface area (Å²) in [6, 6.07) is 25.9. The van der Waals surface area contributed by atoms with Crippen LogP contribution in [0.5, 0.6) is 17.2 Å². The Morgan fingerprint density at radius 3 is 2.56 bits per heavy atom. The molecule has 7 rings (SSSR count). The maximum absolute atomic E-state index is 13.8. The van der Waals surface area contributed by atoms with Crippen LogP contribution in [0.15, 0.2) is 101 Å². The average Bonchev–Trinajstić information content (AvgIpc) is 3.68. The zero-order valence-corrected chi connectivity index (χ0v) is 28.1. The van der Waals surface area contributed by atoms with Crippen molar-refractivity contribution >= 4 is 68.9 Å². The Hall–Kier alpha value is -4.55. The lowest BCUT2D eigenvalue weighted by atomic mass is 9.95. The predicted octanol–water partition coefficient (Wildman–Crippen LogP) is 8.11. The van der Waals surface area contributed by atoms with Gasteiger partial charge in [0.2, 0.25) is 5.13 Å². The summed E-state index contributed by atoms with van der Waals surface area (Å²) in [5.74, 6) is -0.100. The molecule has 0 aliphatic carbocycles. The van der Waals surface area contributed by atoms with Crippen LogP contribution in [0.3, 0.4) is 0 Å². The van der Waals surface area contributed by atoms with Crippen molar-refractivity contribution in [3.05, 3.63) is 129 Å². The molecule has 0 radical (unpaired) electrons. The van der Waals surface area contributed by atoms with Gasteiger partial charge in [-0.05, 0) is 59.2 Å². The van der Waals surface area contributed by atoms with Crippen LogP contribution < -0.4 is 19.1 Å². The molecule has 3 heterocycles. The maximum atomic E-state index is 13.8. The standard InChI is InChI=1S/C35H25Cl2N3O6S2/c36-24-11-9-23(26(37)17-24)19-47-35-39-38-34(48-35)40-30(21-7-4-8-25(15-21)46-18-20-5-2-1-3-6-20)29(32(42)33(40)43)31(41)22-10-12-27-28(16-22)45-14-13-44-27/h1-12,15-17,30,41H,13-14,18-19H2/b31-29+/t30-/m1/s1. The number of ketones is 1. The number of benzene rings is 4. The van der Waals surface area contributed by atoms with Crippen LogP contribution in [0.1, 0.15) is 28.3 Å². The SMILES string of the molecule is O=C1C(=O)N(c2nnc(SCc3ccc(Cl)cc3Cl)s2)[C@H](c2cccc(OCc3ccccc3)c2)/C1=C(\O)c1ccc2c(c1)OCCO2. The van der Waals surface area contributed by atoms with Crippen molar-refractivity contribution in [1.82, 2.24) is 10.2 Å². The van der Waals surface area contributed by atoms with Gasteiger partial charge in [0.15, 0.2) is 15.8 Å². The minimum Gasteiger partial charge on any atom is -0.507 e. The van der Waals surface area contributed by atoms with Crippen LogP contribution in [-0.2, 0) is 21.9 Å². The lowest BCUT2D eigenvalue weighted by Gasteiger charge is -2.23. The monoisotopic (exact) mass is 717 g/mol. The van der Waals surface area contributed by atoms with Crippen LogP contribution in [0, 0.1) is 0 Å². The van der Waals surface area contributed by atoms with Crippen LogP contribution in [0.2, 0.25) is 10.0 Å². The largest absolute Gasteiger partial charge is 0.507 e. The molecule has 1 atom stereocenters. The number of aliphatic hydroxyl groups is 1. The third kappa shape index (κ3) is 6.59. The summed E-state index contributed by atoms with van der Waals surface area (Å²) in [5, 5.41) is 21.5. The van der Waals surface area contributed by atoms with E-state index in [1.165, 1.54) is 16.7 Å². The summed E-state index contributed by atoms with van der Waals surface area (Å²) in [5.41, 5.74) is 2.57. The van der Waals surface area contributed by atoms with E-state index in [9.17, 15) is 14.7 Å². The normalized spacial score (nSPS) is 16.7. The smallest absolute Gasteiger partial charge is 0.301 e. The Morgan fingerprint density at radius 2 is 1.75 bits per heavy atom. The number of aromatic nitrogens is 2. The molecule has 13 heteroatoms. The van der Waals surface area contributed by atoms with E-state index in [1.807, 2.05) is 36.4 Å². The summed E-state index contributed by atoms with van der Waals surface area (Å²) in [7, 11) is 0. The molecule has 5 aromatic rings. The Bertz CT molecular complexity index is 2060. The summed E-state index contributed by atoms with van der Waals surface area (Å²) < 4.78 is 18.0. The zero-order chi connectivity index (χ0) is 33.2. The lowest BCUT2D eigenvalue weighted by molar-refractivity contribution is -0.132. The minimum atomic E-state index is -1.03.